The Morgan fingerprint density at radius 1 is 0.784 bits per heavy atom. The molecule has 0 unspecified atom stereocenters. The molecule has 9 nitrogen and oxygen atoms in total. The molecule has 0 saturated carbocycles. The summed E-state index contributed by atoms with van der Waals surface area (Å²) in [6.07, 6.45) is 0. The van der Waals surface area contributed by atoms with Gasteiger partial charge in [-0.2, -0.15) is 0 Å². The van der Waals surface area contributed by atoms with Crippen molar-refractivity contribution in [3.05, 3.63) is 83.4 Å². The molecule has 0 atom stereocenters. The molecule has 3 aromatic rings. The van der Waals surface area contributed by atoms with Gasteiger partial charge in [0.1, 0.15) is 13.2 Å². The molecular formula is C28H27N3O6. The van der Waals surface area contributed by atoms with Crippen molar-refractivity contribution in [2.75, 3.05) is 56.7 Å². The zero-order chi connectivity index (χ0) is 25.8. The largest absolute Gasteiger partial charge is 0.486 e. The van der Waals surface area contributed by atoms with Crippen LogP contribution in [0, 0.1) is 0 Å². The highest BCUT2D eigenvalue weighted by molar-refractivity contribution is 6.07. The molecule has 0 aliphatic carbocycles. The van der Waals surface area contributed by atoms with Gasteiger partial charge >= 0.3 is 5.97 Å². The lowest BCUT2D eigenvalue weighted by molar-refractivity contribution is 0.0600. The Hall–Kier alpha value is -4.53. The van der Waals surface area contributed by atoms with Crippen molar-refractivity contribution in [3.8, 4) is 11.5 Å². The number of hydrogen-bond acceptors (Lipinski definition) is 7. The van der Waals surface area contributed by atoms with Crippen LogP contribution in [0.1, 0.15) is 31.1 Å². The number of hydrogen-bond donors (Lipinski definition) is 1. The second-order valence-electron chi connectivity index (χ2n) is 8.68. The summed E-state index contributed by atoms with van der Waals surface area (Å²) in [6.45, 7) is 3.09. The Morgan fingerprint density at radius 3 is 2.22 bits per heavy atom. The van der Waals surface area contributed by atoms with Gasteiger partial charge in [0.25, 0.3) is 11.8 Å². The van der Waals surface area contributed by atoms with Crippen molar-refractivity contribution in [2.24, 2.45) is 0 Å². The molecule has 2 aliphatic rings. The van der Waals surface area contributed by atoms with Crippen LogP contribution in [0.2, 0.25) is 0 Å². The predicted molar refractivity (Wildman–Crippen MR) is 138 cm³/mol. The maximum atomic E-state index is 13.2. The minimum absolute atomic E-state index is 0.00609. The second kappa shape index (κ2) is 10.6. The third-order valence-corrected chi connectivity index (χ3v) is 6.40. The maximum Gasteiger partial charge on any atom is 0.337 e. The van der Waals surface area contributed by atoms with Gasteiger partial charge in [0.15, 0.2) is 11.5 Å². The third kappa shape index (κ3) is 5.20. The van der Waals surface area contributed by atoms with Crippen LogP contribution in [0.4, 0.5) is 11.4 Å². The van der Waals surface area contributed by atoms with Crippen molar-refractivity contribution in [2.45, 2.75) is 0 Å². The molecule has 1 saturated heterocycles. The fourth-order valence-corrected chi connectivity index (χ4v) is 4.45. The lowest BCUT2D eigenvalue weighted by Gasteiger charge is -2.37. The number of nitrogens with one attached hydrogen (secondary N) is 1. The molecule has 0 radical (unpaired) electrons. The first kappa shape index (κ1) is 24.2. The number of carbonyl (C=O) groups excluding carboxylic acids is 3. The first-order valence-electron chi connectivity index (χ1n) is 12.1. The summed E-state index contributed by atoms with van der Waals surface area (Å²) in [5, 5.41) is 2.94. The summed E-state index contributed by atoms with van der Waals surface area (Å²) in [5.74, 6) is 0.256. The van der Waals surface area contributed by atoms with E-state index in [-0.39, 0.29) is 11.8 Å². The Bertz CT molecular complexity index is 1320. The van der Waals surface area contributed by atoms with Crippen LogP contribution in [-0.2, 0) is 4.74 Å². The van der Waals surface area contributed by atoms with E-state index in [4.69, 9.17) is 14.2 Å². The number of fused-ring (bicyclic) bond motifs is 1. The Labute approximate surface area is 214 Å². The molecule has 3 aromatic carbocycles. The van der Waals surface area contributed by atoms with Crippen LogP contribution in [0.15, 0.2) is 66.7 Å². The Morgan fingerprint density at radius 2 is 1.49 bits per heavy atom. The van der Waals surface area contributed by atoms with E-state index in [0.717, 1.165) is 5.69 Å². The van der Waals surface area contributed by atoms with E-state index < -0.39 is 5.97 Å². The predicted octanol–water partition coefficient (Wildman–Crippen LogP) is 3.46. The molecule has 1 N–H and O–H groups in total. The quantitative estimate of drug-likeness (QED) is 0.535. The SMILES string of the molecule is COC(=O)c1ccc(N2CCN(C(=O)c3ccccc3)CC2)c(NC(=O)c2ccc3c(c2)OCCO3)c1. The number of piperazine rings is 1. The van der Waals surface area contributed by atoms with Crippen LogP contribution in [-0.4, -0.2) is 69.2 Å². The number of ether oxygens (including phenoxy) is 3. The van der Waals surface area contributed by atoms with Gasteiger partial charge in [0.2, 0.25) is 0 Å². The van der Waals surface area contributed by atoms with Crippen LogP contribution < -0.4 is 19.7 Å². The third-order valence-electron chi connectivity index (χ3n) is 6.40. The molecule has 0 spiro atoms. The molecule has 2 aliphatic heterocycles. The standard InChI is InChI=1S/C28H27N3O6/c1-35-28(34)21-7-9-23(30-11-13-31(14-12-30)27(33)19-5-3-2-4-6-19)22(17-21)29-26(32)20-8-10-24-25(18-20)37-16-15-36-24/h2-10,17-18H,11-16H2,1H3,(H,29,32). The van der Waals surface area contributed by atoms with E-state index in [1.165, 1.54) is 7.11 Å². The monoisotopic (exact) mass is 501 g/mol. The van der Waals surface area contributed by atoms with Gasteiger partial charge < -0.3 is 29.3 Å². The molecule has 0 bridgehead atoms. The van der Waals surface area contributed by atoms with Gasteiger partial charge in [-0.05, 0) is 48.5 Å². The van der Waals surface area contributed by atoms with Crippen LogP contribution in [0.25, 0.3) is 0 Å². The summed E-state index contributed by atoms with van der Waals surface area (Å²) in [5.41, 5.74) is 2.61. The number of methoxy groups -OCH3 is 1. The molecule has 1 fully saturated rings. The van der Waals surface area contributed by atoms with E-state index in [2.05, 4.69) is 10.2 Å². The first-order valence-corrected chi connectivity index (χ1v) is 12.1. The highest BCUT2D eigenvalue weighted by Gasteiger charge is 2.25. The number of anilines is 2. The topological polar surface area (TPSA) is 97.4 Å². The molecule has 190 valence electrons. The zero-order valence-electron chi connectivity index (χ0n) is 20.4. The lowest BCUT2D eigenvalue weighted by atomic mass is 10.1. The maximum absolute atomic E-state index is 13.2. The van der Waals surface area contributed by atoms with Gasteiger partial charge in [0.05, 0.1) is 24.0 Å². The number of esters is 1. The fraction of sp³-hybridized carbons (Fsp3) is 0.250. The van der Waals surface area contributed by atoms with Gasteiger partial charge in [-0.3, -0.25) is 9.59 Å². The molecule has 5 rings (SSSR count). The summed E-state index contributed by atoms with van der Waals surface area (Å²) in [6, 6.07) is 19.3. The van der Waals surface area contributed by atoms with Crippen LogP contribution in [0.5, 0.6) is 11.5 Å². The fourth-order valence-electron chi connectivity index (χ4n) is 4.45. The number of amides is 2. The van der Waals surface area contributed by atoms with E-state index in [1.54, 1.807) is 36.4 Å². The lowest BCUT2D eigenvalue weighted by Crippen LogP contribution is -2.49. The smallest absolute Gasteiger partial charge is 0.337 e. The van der Waals surface area contributed by atoms with E-state index in [0.29, 0.717) is 73.3 Å². The average molecular weight is 502 g/mol. The van der Waals surface area contributed by atoms with Crippen molar-refractivity contribution < 1.29 is 28.6 Å². The highest BCUT2D eigenvalue weighted by Crippen LogP contribution is 2.33. The van der Waals surface area contributed by atoms with Crippen molar-refractivity contribution in [1.82, 2.24) is 4.90 Å². The van der Waals surface area contributed by atoms with Crippen molar-refractivity contribution in [1.29, 1.82) is 0 Å². The summed E-state index contributed by atoms with van der Waals surface area (Å²) >= 11 is 0. The minimum Gasteiger partial charge on any atom is -0.486 e. The van der Waals surface area contributed by atoms with Crippen molar-refractivity contribution in [3.63, 3.8) is 0 Å². The normalized spacial score (nSPS) is 14.6. The van der Waals surface area contributed by atoms with Crippen LogP contribution >= 0.6 is 0 Å². The minimum atomic E-state index is -0.500. The zero-order valence-corrected chi connectivity index (χ0v) is 20.4. The van der Waals surface area contributed by atoms with Gasteiger partial charge in [-0.25, -0.2) is 4.79 Å². The van der Waals surface area contributed by atoms with E-state index >= 15 is 0 Å². The summed E-state index contributed by atoms with van der Waals surface area (Å²) in [7, 11) is 1.31. The summed E-state index contributed by atoms with van der Waals surface area (Å²) in [4.78, 5) is 42.1. The Balaban J connectivity index is 1.35. The van der Waals surface area contributed by atoms with E-state index in [1.807, 2.05) is 35.2 Å². The molecule has 0 aromatic heterocycles. The van der Waals surface area contributed by atoms with Gasteiger partial charge in [0, 0.05) is 37.3 Å². The second-order valence-corrected chi connectivity index (χ2v) is 8.68. The number of carbonyl (C=O) groups is 3. The molecule has 2 heterocycles. The first-order chi connectivity index (χ1) is 18.0. The molecular weight excluding hydrogens is 474 g/mol. The summed E-state index contributed by atoms with van der Waals surface area (Å²) < 4.78 is 16.0. The molecule has 2 amide bonds. The Kier molecular flexibility index (Phi) is 6.93. The number of nitrogens with zero attached hydrogens (tertiary/aromatic N) is 2. The van der Waals surface area contributed by atoms with Gasteiger partial charge in [-0.1, -0.05) is 18.2 Å². The van der Waals surface area contributed by atoms with E-state index in [9.17, 15) is 14.4 Å². The molecule has 37 heavy (non-hydrogen) atoms. The van der Waals surface area contributed by atoms with Gasteiger partial charge in [-0.15, -0.1) is 0 Å². The number of rotatable bonds is 5. The highest BCUT2D eigenvalue weighted by atomic mass is 16.6. The molecule has 9 heteroatoms. The number of benzene rings is 3. The van der Waals surface area contributed by atoms with Crippen LogP contribution in [0.3, 0.4) is 0 Å². The average Bonchev–Trinajstić information content (AvgIpc) is 2.96. The van der Waals surface area contributed by atoms with Crippen molar-refractivity contribution >= 4 is 29.2 Å².